The number of carbonyl (C=O) groups is 1. The Hall–Kier alpha value is -1.35. The van der Waals surface area contributed by atoms with Gasteiger partial charge in [-0.15, -0.1) is 0 Å². The summed E-state index contributed by atoms with van der Waals surface area (Å²) in [5, 5.41) is 6.31. The van der Waals surface area contributed by atoms with E-state index in [9.17, 15) is 4.79 Å². The van der Waals surface area contributed by atoms with Crippen LogP contribution in [-0.2, 0) is 4.79 Å². The van der Waals surface area contributed by atoms with Gasteiger partial charge in [-0.1, -0.05) is 18.2 Å². The molecule has 1 amide bonds. The molecular weight excluding hydrogens is 200 g/mol. The Kier molecular flexibility index (Phi) is 3.57. The first-order chi connectivity index (χ1) is 7.77. The van der Waals surface area contributed by atoms with Crippen LogP contribution in [0.2, 0.25) is 0 Å². The van der Waals surface area contributed by atoms with Crippen LogP contribution in [0.15, 0.2) is 24.3 Å². The van der Waals surface area contributed by atoms with Crippen molar-refractivity contribution in [2.24, 2.45) is 0 Å². The molecule has 2 N–H and O–H groups in total. The molecule has 1 fully saturated rings. The van der Waals surface area contributed by atoms with E-state index in [0.29, 0.717) is 5.92 Å². The first kappa shape index (κ1) is 11.1. The lowest BCUT2D eigenvalue weighted by atomic mass is 9.90. The molecule has 0 spiro atoms. The number of anilines is 1. The summed E-state index contributed by atoms with van der Waals surface area (Å²) < 4.78 is 0. The predicted octanol–water partition coefficient (Wildman–Crippen LogP) is 2.11. The van der Waals surface area contributed by atoms with Crippen molar-refractivity contribution in [2.75, 3.05) is 18.4 Å². The first-order valence-electron chi connectivity index (χ1n) is 5.84. The Bertz CT molecular complexity index is 370. The van der Waals surface area contributed by atoms with E-state index in [1.807, 2.05) is 18.2 Å². The third kappa shape index (κ3) is 2.61. The predicted molar refractivity (Wildman–Crippen MR) is 65.6 cm³/mol. The smallest absolute Gasteiger partial charge is 0.221 e. The van der Waals surface area contributed by atoms with E-state index in [1.165, 1.54) is 18.4 Å². The summed E-state index contributed by atoms with van der Waals surface area (Å²) in [5.41, 5.74) is 2.22. The average molecular weight is 218 g/mol. The van der Waals surface area contributed by atoms with Crippen LogP contribution in [-0.4, -0.2) is 19.0 Å². The lowest BCUT2D eigenvalue weighted by molar-refractivity contribution is -0.114. The highest BCUT2D eigenvalue weighted by atomic mass is 16.1. The van der Waals surface area contributed by atoms with Crippen LogP contribution >= 0.6 is 0 Å². The third-order valence-electron chi connectivity index (χ3n) is 3.01. The SMILES string of the molecule is CC(=O)Nc1ccccc1C1CCCNC1. The molecule has 0 aliphatic carbocycles. The molecule has 0 aromatic heterocycles. The van der Waals surface area contributed by atoms with E-state index < -0.39 is 0 Å². The Labute approximate surface area is 96.2 Å². The molecule has 0 radical (unpaired) electrons. The molecule has 1 aliphatic heterocycles. The molecule has 1 saturated heterocycles. The van der Waals surface area contributed by atoms with Crippen molar-refractivity contribution in [2.45, 2.75) is 25.7 Å². The van der Waals surface area contributed by atoms with Gasteiger partial charge in [0.1, 0.15) is 0 Å². The van der Waals surface area contributed by atoms with Gasteiger partial charge >= 0.3 is 0 Å². The highest BCUT2D eigenvalue weighted by molar-refractivity contribution is 5.89. The van der Waals surface area contributed by atoms with Crippen LogP contribution in [0.1, 0.15) is 31.2 Å². The summed E-state index contributed by atoms with van der Waals surface area (Å²) in [7, 11) is 0. The van der Waals surface area contributed by atoms with E-state index in [2.05, 4.69) is 16.7 Å². The van der Waals surface area contributed by atoms with Gasteiger partial charge in [0.15, 0.2) is 0 Å². The molecule has 86 valence electrons. The minimum absolute atomic E-state index is 0.00350. The number of rotatable bonds is 2. The molecule has 1 atom stereocenters. The molecule has 1 aromatic rings. The summed E-state index contributed by atoms with van der Waals surface area (Å²) in [5.74, 6) is 0.521. The van der Waals surface area contributed by atoms with Crippen molar-refractivity contribution >= 4 is 11.6 Å². The first-order valence-corrected chi connectivity index (χ1v) is 5.84. The van der Waals surface area contributed by atoms with Crippen molar-refractivity contribution in [3.8, 4) is 0 Å². The number of carbonyl (C=O) groups excluding carboxylic acids is 1. The van der Waals surface area contributed by atoms with Gasteiger partial charge in [0, 0.05) is 19.2 Å². The number of piperidine rings is 1. The molecule has 3 heteroatoms. The van der Waals surface area contributed by atoms with E-state index >= 15 is 0 Å². The highest BCUT2D eigenvalue weighted by Crippen LogP contribution is 2.29. The maximum Gasteiger partial charge on any atom is 0.221 e. The molecule has 0 saturated carbocycles. The fourth-order valence-corrected chi connectivity index (χ4v) is 2.27. The molecule has 3 nitrogen and oxygen atoms in total. The van der Waals surface area contributed by atoms with E-state index in [1.54, 1.807) is 6.92 Å². The fourth-order valence-electron chi connectivity index (χ4n) is 2.27. The van der Waals surface area contributed by atoms with Crippen molar-refractivity contribution in [3.63, 3.8) is 0 Å². The average Bonchev–Trinajstić information content (AvgIpc) is 2.30. The van der Waals surface area contributed by atoms with E-state index in [4.69, 9.17) is 0 Å². The van der Waals surface area contributed by atoms with Gasteiger partial charge < -0.3 is 10.6 Å². The number of hydrogen-bond donors (Lipinski definition) is 2. The molecule has 1 heterocycles. The number of para-hydroxylation sites is 1. The van der Waals surface area contributed by atoms with Crippen LogP contribution in [0.25, 0.3) is 0 Å². The Balaban J connectivity index is 2.20. The molecule has 1 aromatic carbocycles. The summed E-state index contributed by atoms with van der Waals surface area (Å²) in [6.45, 7) is 3.67. The van der Waals surface area contributed by atoms with Crippen molar-refractivity contribution in [1.29, 1.82) is 0 Å². The van der Waals surface area contributed by atoms with Gasteiger partial charge in [0.2, 0.25) is 5.91 Å². The maximum absolute atomic E-state index is 11.1. The lowest BCUT2D eigenvalue weighted by Crippen LogP contribution is -2.29. The quantitative estimate of drug-likeness (QED) is 0.798. The molecule has 1 unspecified atom stereocenters. The van der Waals surface area contributed by atoms with Crippen molar-refractivity contribution in [3.05, 3.63) is 29.8 Å². The van der Waals surface area contributed by atoms with E-state index in [-0.39, 0.29) is 5.91 Å². The molecule has 1 aliphatic rings. The number of hydrogen-bond acceptors (Lipinski definition) is 2. The second kappa shape index (κ2) is 5.12. The monoisotopic (exact) mass is 218 g/mol. The largest absolute Gasteiger partial charge is 0.326 e. The third-order valence-corrected chi connectivity index (χ3v) is 3.01. The topological polar surface area (TPSA) is 41.1 Å². The highest BCUT2D eigenvalue weighted by Gasteiger charge is 2.17. The summed E-state index contributed by atoms with van der Waals surface area (Å²) >= 11 is 0. The molecular formula is C13H18N2O. The van der Waals surface area contributed by atoms with Crippen LogP contribution in [0.3, 0.4) is 0 Å². The van der Waals surface area contributed by atoms with Crippen LogP contribution < -0.4 is 10.6 Å². The van der Waals surface area contributed by atoms with Crippen LogP contribution in [0, 0.1) is 0 Å². The Morgan fingerprint density at radius 1 is 1.44 bits per heavy atom. The Morgan fingerprint density at radius 3 is 2.94 bits per heavy atom. The second-order valence-electron chi connectivity index (χ2n) is 4.31. The van der Waals surface area contributed by atoms with Crippen molar-refractivity contribution in [1.82, 2.24) is 5.32 Å². The summed E-state index contributed by atoms with van der Waals surface area (Å²) in [6.07, 6.45) is 2.41. The number of amides is 1. The minimum Gasteiger partial charge on any atom is -0.326 e. The van der Waals surface area contributed by atoms with Crippen LogP contribution in [0.5, 0.6) is 0 Å². The zero-order chi connectivity index (χ0) is 11.4. The molecule has 0 bridgehead atoms. The molecule has 2 rings (SSSR count). The van der Waals surface area contributed by atoms with E-state index in [0.717, 1.165) is 18.8 Å². The number of nitrogens with one attached hydrogen (secondary N) is 2. The normalized spacial score (nSPS) is 20.4. The number of benzene rings is 1. The Morgan fingerprint density at radius 2 is 2.25 bits per heavy atom. The molecule has 16 heavy (non-hydrogen) atoms. The summed E-state index contributed by atoms with van der Waals surface area (Å²) in [4.78, 5) is 11.1. The minimum atomic E-state index is -0.00350. The van der Waals surface area contributed by atoms with Gasteiger partial charge in [-0.3, -0.25) is 4.79 Å². The lowest BCUT2D eigenvalue weighted by Gasteiger charge is -2.25. The van der Waals surface area contributed by atoms with Gasteiger partial charge in [-0.05, 0) is 36.9 Å². The zero-order valence-corrected chi connectivity index (χ0v) is 9.62. The van der Waals surface area contributed by atoms with Crippen molar-refractivity contribution < 1.29 is 4.79 Å². The maximum atomic E-state index is 11.1. The zero-order valence-electron chi connectivity index (χ0n) is 9.62. The van der Waals surface area contributed by atoms with Crippen LogP contribution in [0.4, 0.5) is 5.69 Å². The standard InChI is InChI=1S/C13H18N2O/c1-10(16)15-13-7-3-2-6-12(13)11-5-4-8-14-9-11/h2-3,6-7,11,14H,4-5,8-9H2,1H3,(H,15,16). The second-order valence-corrected chi connectivity index (χ2v) is 4.31. The van der Waals surface area contributed by atoms with Gasteiger partial charge in [-0.25, -0.2) is 0 Å². The summed E-state index contributed by atoms with van der Waals surface area (Å²) in [6, 6.07) is 8.09. The fraction of sp³-hybridized carbons (Fsp3) is 0.462. The van der Waals surface area contributed by atoms with Gasteiger partial charge in [0.25, 0.3) is 0 Å². The van der Waals surface area contributed by atoms with Gasteiger partial charge in [0.05, 0.1) is 0 Å². The van der Waals surface area contributed by atoms with Gasteiger partial charge in [-0.2, -0.15) is 0 Å².